The molecule has 0 bridgehead atoms. The minimum absolute atomic E-state index is 0.505. The quantitative estimate of drug-likeness (QED) is 0.0929. The van der Waals surface area contributed by atoms with E-state index in [1.807, 2.05) is 5.94 Å². The van der Waals surface area contributed by atoms with E-state index in [-0.39, 0.29) is 0 Å². The van der Waals surface area contributed by atoms with Crippen molar-refractivity contribution in [2.45, 2.75) is 136 Å². The molecule has 0 aromatic heterocycles. The second-order valence-corrected chi connectivity index (χ2v) is 16.2. The van der Waals surface area contributed by atoms with Gasteiger partial charge in [0.1, 0.15) is 0 Å². The molecule has 5 nitrogen and oxygen atoms in total. The van der Waals surface area contributed by atoms with Crippen molar-refractivity contribution < 1.29 is 33.1 Å². The van der Waals surface area contributed by atoms with Crippen LogP contribution in [-0.2, 0) is 8.87 Å². The molecule has 0 aliphatic carbocycles. The first-order chi connectivity index (χ1) is 15.8. The molecule has 7 heteroatoms. The molecule has 0 aromatic carbocycles. The zero-order chi connectivity index (χ0) is 24.9. The molecule has 0 N–H and O–H groups in total. The van der Waals surface area contributed by atoms with E-state index in [4.69, 9.17) is 4.08 Å². The minimum atomic E-state index is -4.60. The molecule has 0 saturated heterocycles. The summed E-state index contributed by atoms with van der Waals surface area (Å²) in [7, 11) is -4.60. The van der Waals surface area contributed by atoms with Crippen molar-refractivity contribution in [2.24, 2.45) is 0 Å². The summed E-state index contributed by atoms with van der Waals surface area (Å²) in [6, 6.07) is 0. The van der Waals surface area contributed by atoms with Crippen LogP contribution in [0.2, 0.25) is 0 Å². The van der Waals surface area contributed by atoms with Crippen molar-refractivity contribution in [1.82, 2.24) is 0 Å². The number of rotatable bonds is 24. The maximum atomic E-state index is 11.9. The third-order valence-electron chi connectivity index (χ3n) is 6.79. The molecular formula is C26H52ClO5P. The van der Waals surface area contributed by atoms with Crippen molar-refractivity contribution in [3.63, 3.8) is 0 Å². The van der Waals surface area contributed by atoms with Crippen LogP contribution in [0.5, 0.6) is 0 Å². The first-order valence-corrected chi connectivity index (χ1v) is 17.6. The zero-order valence-corrected chi connectivity index (χ0v) is 23.4. The van der Waals surface area contributed by atoms with Crippen LogP contribution in [0, 0.1) is 10.2 Å². The number of unbranched alkanes of at least 4 members (excludes halogenated alkanes) is 15. The van der Waals surface area contributed by atoms with Gasteiger partial charge >= 0.3 is 207 Å². The maximum absolute atomic E-state index is 11.9. The van der Waals surface area contributed by atoms with Crippen LogP contribution in [0.15, 0.2) is 5.82 Å². The average molecular weight is 511 g/mol. The number of halogens is 1. The first kappa shape index (κ1) is 33.0. The van der Waals surface area contributed by atoms with Crippen LogP contribution in [0.3, 0.4) is 0 Å². The zero-order valence-electron chi connectivity index (χ0n) is 21.8. The summed E-state index contributed by atoms with van der Waals surface area (Å²) in [6.07, 6.45) is 20.6. The van der Waals surface area contributed by atoms with Gasteiger partial charge in [-0.1, -0.05) is 0 Å². The first-order valence-electron chi connectivity index (χ1n) is 13.6. The van der Waals surface area contributed by atoms with Crippen LogP contribution < -0.4 is 14.0 Å². The van der Waals surface area contributed by atoms with E-state index in [2.05, 4.69) is 20.8 Å². The van der Waals surface area contributed by atoms with Gasteiger partial charge < -0.3 is 0 Å². The summed E-state index contributed by atoms with van der Waals surface area (Å²) in [5.41, 5.74) is 0. The molecule has 0 atom stereocenters. The van der Waals surface area contributed by atoms with Gasteiger partial charge in [-0.2, -0.15) is 0 Å². The van der Waals surface area contributed by atoms with Crippen LogP contribution in [0.4, 0.5) is 0 Å². The van der Waals surface area contributed by atoms with E-state index in [9.17, 15) is 18.8 Å². The molecule has 0 heterocycles. The summed E-state index contributed by atoms with van der Waals surface area (Å²) >= 11 is 0. The monoisotopic (exact) mass is 510 g/mol. The van der Waals surface area contributed by atoms with Gasteiger partial charge in [0.15, 0.2) is 0 Å². The summed E-state index contributed by atoms with van der Waals surface area (Å²) in [5, 5.41) is 0. The molecule has 0 aliphatic heterocycles. The Kier molecular flexibility index (Phi) is 19.2. The molecule has 198 valence electrons. The summed E-state index contributed by atoms with van der Waals surface area (Å²) < 4.78 is 41.3. The standard InChI is InChI=1S/C26H52ClO5P/c1-4-7-10-13-16-19-23-33(26-22-28,32-27(29,30)31,24-20-17-14-11-8-5-2)25-21-18-15-12-9-6-3/h26H,4-21,23-25H2,1-3H3. The van der Waals surface area contributed by atoms with Gasteiger partial charge in [-0.15, -0.1) is 0 Å². The second-order valence-electron chi connectivity index (χ2n) is 9.88. The van der Waals surface area contributed by atoms with Crippen molar-refractivity contribution in [2.75, 3.05) is 18.5 Å². The van der Waals surface area contributed by atoms with E-state index in [0.717, 1.165) is 77.0 Å². The van der Waals surface area contributed by atoms with E-state index in [0.29, 0.717) is 18.5 Å². The fraction of sp³-hybridized carbons (Fsp3) is 0.923. The SMILES string of the molecule is CCCCCCCCP(C=C=O)(CCCCCCCC)(CCCCCCCC)O[Cl+3]([O-])([O-])[O-]. The van der Waals surface area contributed by atoms with Gasteiger partial charge in [0.2, 0.25) is 0 Å². The van der Waals surface area contributed by atoms with Crippen LogP contribution in [0.25, 0.3) is 0 Å². The summed E-state index contributed by atoms with van der Waals surface area (Å²) in [5.74, 6) is 3.29. The predicted octanol–water partition coefficient (Wildman–Crippen LogP) is 5.80. The number of hydrogen-bond acceptors (Lipinski definition) is 5. The van der Waals surface area contributed by atoms with Crippen LogP contribution in [-0.4, -0.2) is 24.4 Å². The van der Waals surface area contributed by atoms with Gasteiger partial charge in [0.05, 0.1) is 0 Å². The van der Waals surface area contributed by atoms with Gasteiger partial charge in [-0.25, -0.2) is 0 Å². The fourth-order valence-electron chi connectivity index (χ4n) is 4.83. The Morgan fingerprint density at radius 2 is 0.909 bits per heavy atom. The molecule has 0 aliphatic rings. The average Bonchev–Trinajstić information content (AvgIpc) is 2.75. The number of hydrogen-bond donors (Lipinski definition) is 0. The molecule has 0 fully saturated rings. The van der Waals surface area contributed by atoms with Crippen molar-refractivity contribution >= 4 is 12.8 Å². The van der Waals surface area contributed by atoms with E-state index < -0.39 is 17.1 Å². The van der Waals surface area contributed by atoms with Crippen LogP contribution in [0.1, 0.15) is 136 Å². The van der Waals surface area contributed by atoms with E-state index in [1.54, 1.807) is 0 Å². The molecule has 0 rings (SSSR count). The van der Waals surface area contributed by atoms with Crippen molar-refractivity contribution in [3.8, 4) is 0 Å². The Morgan fingerprint density at radius 3 is 1.18 bits per heavy atom. The van der Waals surface area contributed by atoms with Gasteiger partial charge in [-0.3, -0.25) is 0 Å². The summed E-state index contributed by atoms with van der Waals surface area (Å²) in [6.45, 7) is 2.88. The molecule has 0 aromatic rings. The second kappa shape index (κ2) is 19.2. The molecule has 0 amide bonds. The fourth-order valence-corrected chi connectivity index (χ4v) is 11.9. The van der Waals surface area contributed by atoms with Gasteiger partial charge in [0.25, 0.3) is 0 Å². The molecular weight excluding hydrogens is 459 g/mol. The molecule has 0 spiro atoms. The molecule has 33 heavy (non-hydrogen) atoms. The topological polar surface area (TPSA) is 95.5 Å². The summed E-state index contributed by atoms with van der Waals surface area (Å²) in [4.78, 5) is 11.7. The Labute approximate surface area is 206 Å². The van der Waals surface area contributed by atoms with E-state index in [1.165, 1.54) is 44.3 Å². The Bertz CT molecular complexity index is 474. The molecule has 0 saturated carbocycles. The number of carbonyl (C=O) groups excluding carboxylic acids is 1. The normalized spacial score (nSPS) is 13.5. The third kappa shape index (κ3) is 16.3. The van der Waals surface area contributed by atoms with Gasteiger partial charge in [0, 0.05) is 0 Å². The third-order valence-corrected chi connectivity index (χ3v) is 13.9. The van der Waals surface area contributed by atoms with Crippen molar-refractivity contribution in [1.29, 1.82) is 0 Å². The van der Waals surface area contributed by atoms with Crippen molar-refractivity contribution in [3.05, 3.63) is 5.82 Å². The Balaban J connectivity index is 5.50. The van der Waals surface area contributed by atoms with Gasteiger partial charge in [-0.05, 0) is 0 Å². The Hall–Kier alpha value is 0.01000. The molecule has 0 unspecified atom stereocenters. The predicted molar refractivity (Wildman–Crippen MR) is 133 cm³/mol. The van der Waals surface area contributed by atoms with Crippen LogP contribution >= 0.6 is 6.83 Å². The Morgan fingerprint density at radius 1 is 0.606 bits per heavy atom. The molecule has 0 radical (unpaired) electrons. The van der Waals surface area contributed by atoms with E-state index >= 15 is 0 Å².